The van der Waals surface area contributed by atoms with Gasteiger partial charge in [-0.3, -0.25) is 4.79 Å². The first-order valence-electron chi connectivity index (χ1n) is 8.52. The molecule has 0 bridgehead atoms. The van der Waals surface area contributed by atoms with E-state index in [9.17, 15) is 13.2 Å². The first-order valence-corrected chi connectivity index (χ1v) is 9.96. The van der Waals surface area contributed by atoms with Crippen molar-refractivity contribution in [1.29, 1.82) is 0 Å². The zero-order valence-corrected chi connectivity index (χ0v) is 14.5. The number of rotatable bonds is 5. The van der Waals surface area contributed by atoms with Crippen LogP contribution in [0.4, 0.5) is 0 Å². The van der Waals surface area contributed by atoms with E-state index < -0.39 is 10.0 Å². The second kappa shape index (κ2) is 7.63. The van der Waals surface area contributed by atoms with E-state index in [4.69, 9.17) is 4.74 Å². The second-order valence-electron chi connectivity index (χ2n) is 6.37. The Morgan fingerprint density at radius 1 is 1.17 bits per heavy atom. The highest BCUT2D eigenvalue weighted by atomic mass is 32.2. The highest BCUT2D eigenvalue weighted by Gasteiger charge is 2.32. The lowest BCUT2D eigenvalue weighted by molar-refractivity contribution is -0.126. The van der Waals surface area contributed by atoms with E-state index in [2.05, 4.69) is 5.32 Å². The van der Waals surface area contributed by atoms with E-state index in [0.29, 0.717) is 37.4 Å². The van der Waals surface area contributed by atoms with Crippen LogP contribution in [0.3, 0.4) is 0 Å². The number of sulfonamides is 1. The Balaban J connectivity index is 1.51. The zero-order chi connectivity index (χ0) is 17.0. The van der Waals surface area contributed by atoms with Gasteiger partial charge in [-0.1, -0.05) is 18.2 Å². The highest BCUT2D eigenvalue weighted by Crippen LogP contribution is 2.24. The molecule has 2 saturated heterocycles. The van der Waals surface area contributed by atoms with Gasteiger partial charge in [-0.05, 0) is 37.8 Å². The van der Waals surface area contributed by atoms with Crippen molar-refractivity contribution in [2.24, 2.45) is 5.92 Å². The molecule has 0 aliphatic carbocycles. The van der Waals surface area contributed by atoms with E-state index in [-0.39, 0.29) is 17.9 Å². The molecule has 3 rings (SSSR count). The molecule has 0 aromatic heterocycles. The van der Waals surface area contributed by atoms with Crippen LogP contribution in [0.2, 0.25) is 0 Å². The summed E-state index contributed by atoms with van der Waals surface area (Å²) in [6.07, 6.45) is 3.30. The van der Waals surface area contributed by atoms with Crippen LogP contribution >= 0.6 is 0 Å². The largest absolute Gasteiger partial charge is 0.376 e. The molecule has 0 radical (unpaired) electrons. The molecule has 7 heteroatoms. The van der Waals surface area contributed by atoms with Crippen molar-refractivity contribution >= 4 is 15.9 Å². The third kappa shape index (κ3) is 3.96. The van der Waals surface area contributed by atoms with Crippen molar-refractivity contribution < 1.29 is 17.9 Å². The van der Waals surface area contributed by atoms with Crippen molar-refractivity contribution in [1.82, 2.24) is 9.62 Å². The number of nitrogens with zero attached hydrogens (tertiary/aromatic N) is 1. The van der Waals surface area contributed by atoms with E-state index in [0.717, 1.165) is 19.4 Å². The third-order valence-electron chi connectivity index (χ3n) is 4.73. The first kappa shape index (κ1) is 17.4. The van der Waals surface area contributed by atoms with E-state index in [1.165, 1.54) is 4.31 Å². The molecule has 0 spiro atoms. The Labute approximate surface area is 143 Å². The van der Waals surface area contributed by atoms with Gasteiger partial charge in [0.05, 0.1) is 11.0 Å². The molecular weight excluding hydrogens is 328 g/mol. The molecule has 6 nitrogen and oxygen atoms in total. The Hall–Kier alpha value is -1.44. The molecule has 2 heterocycles. The molecule has 1 atom stereocenters. The Bertz CT molecular complexity index is 648. The average molecular weight is 352 g/mol. The van der Waals surface area contributed by atoms with Crippen LogP contribution in [0.5, 0.6) is 0 Å². The molecule has 0 unspecified atom stereocenters. The molecular formula is C17H24N2O4S. The van der Waals surface area contributed by atoms with E-state index in [1.807, 2.05) is 0 Å². The van der Waals surface area contributed by atoms with Crippen molar-refractivity contribution in [2.75, 3.05) is 26.2 Å². The predicted molar refractivity (Wildman–Crippen MR) is 89.9 cm³/mol. The zero-order valence-electron chi connectivity index (χ0n) is 13.7. The van der Waals surface area contributed by atoms with Gasteiger partial charge in [-0.25, -0.2) is 8.42 Å². The summed E-state index contributed by atoms with van der Waals surface area (Å²) in [7, 11) is -3.45. The van der Waals surface area contributed by atoms with Gasteiger partial charge >= 0.3 is 0 Å². The van der Waals surface area contributed by atoms with E-state index >= 15 is 0 Å². The van der Waals surface area contributed by atoms with Gasteiger partial charge < -0.3 is 10.1 Å². The number of nitrogens with one attached hydrogen (secondary N) is 1. The summed E-state index contributed by atoms with van der Waals surface area (Å²) in [5.74, 6) is -0.101. The fourth-order valence-corrected chi connectivity index (χ4v) is 4.75. The number of benzene rings is 1. The number of carbonyl (C=O) groups is 1. The number of hydrogen-bond acceptors (Lipinski definition) is 4. The van der Waals surface area contributed by atoms with Crippen molar-refractivity contribution in [2.45, 2.75) is 36.7 Å². The molecule has 1 aromatic carbocycles. The fourth-order valence-electron chi connectivity index (χ4n) is 3.26. The van der Waals surface area contributed by atoms with Crippen molar-refractivity contribution in [3.8, 4) is 0 Å². The van der Waals surface area contributed by atoms with Gasteiger partial charge in [0.15, 0.2) is 0 Å². The highest BCUT2D eigenvalue weighted by molar-refractivity contribution is 7.89. The van der Waals surface area contributed by atoms with Crippen molar-refractivity contribution in [3.63, 3.8) is 0 Å². The topological polar surface area (TPSA) is 75.7 Å². The molecule has 2 aliphatic heterocycles. The number of ether oxygens (including phenoxy) is 1. The number of carbonyl (C=O) groups excluding carboxylic acids is 1. The van der Waals surface area contributed by atoms with Crippen LogP contribution < -0.4 is 5.32 Å². The molecule has 1 amide bonds. The second-order valence-corrected chi connectivity index (χ2v) is 8.31. The monoisotopic (exact) mass is 352 g/mol. The third-order valence-corrected chi connectivity index (χ3v) is 6.65. The Morgan fingerprint density at radius 3 is 2.50 bits per heavy atom. The number of hydrogen-bond donors (Lipinski definition) is 1. The number of amides is 1. The van der Waals surface area contributed by atoms with Crippen LogP contribution in [-0.4, -0.2) is 51.0 Å². The van der Waals surface area contributed by atoms with Gasteiger partial charge in [-0.15, -0.1) is 0 Å². The lowest BCUT2D eigenvalue weighted by Gasteiger charge is -2.30. The minimum Gasteiger partial charge on any atom is -0.376 e. The lowest BCUT2D eigenvalue weighted by atomic mass is 9.97. The summed E-state index contributed by atoms with van der Waals surface area (Å²) in [4.78, 5) is 12.6. The quantitative estimate of drug-likeness (QED) is 0.869. The first-order chi connectivity index (χ1) is 11.6. The predicted octanol–water partition coefficient (Wildman–Crippen LogP) is 1.38. The summed E-state index contributed by atoms with van der Waals surface area (Å²) in [6, 6.07) is 8.45. The summed E-state index contributed by atoms with van der Waals surface area (Å²) in [5, 5.41) is 2.95. The molecule has 2 aliphatic rings. The summed E-state index contributed by atoms with van der Waals surface area (Å²) in [5.41, 5.74) is 0. The smallest absolute Gasteiger partial charge is 0.243 e. The minimum atomic E-state index is -3.45. The molecule has 1 aromatic rings. The van der Waals surface area contributed by atoms with Crippen molar-refractivity contribution in [3.05, 3.63) is 30.3 Å². The Morgan fingerprint density at radius 2 is 1.88 bits per heavy atom. The maximum Gasteiger partial charge on any atom is 0.243 e. The van der Waals surface area contributed by atoms with Crippen LogP contribution in [0.1, 0.15) is 25.7 Å². The van der Waals surface area contributed by atoms with Gasteiger partial charge in [0.25, 0.3) is 0 Å². The molecule has 0 saturated carbocycles. The van der Waals surface area contributed by atoms with Gasteiger partial charge in [0.1, 0.15) is 0 Å². The van der Waals surface area contributed by atoms with Crippen LogP contribution in [-0.2, 0) is 19.6 Å². The standard InChI is InChI=1S/C17H24N2O4S/c20-17(18-13-15-5-4-12-23-15)14-8-10-19(11-9-14)24(21,22)16-6-2-1-3-7-16/h1-3,6-7,14-15H,4-5,8-13H2,(H,18,20)/t15-/m1/s1. The molecule has 132 valence electrons. The normalized spacial score (nSPS) is 23.2. The maximum absolute atomic E-state index is 12.6. The number of piperidine rings is 1. The van der Waals surface area contributed by atoms with Crippen LogP contribution in [0.25, 0.3) is 0 Å². The van der Waals surface area contributed by atoms with Gasteiger partial charge in [-0.2, -0.15) is 4.31 Å². The van der Waals surface area contributed by atoms with Crippen LogP contribution in [0.15, 0.2) is 35.2 Å². The molecule has 1 N–H and O–H groups in total. The lowest BCUT2D eigenvalue weighted by Crippen LogP contribution is -2.44. The minimum absolute atomic E-state index is 0.0160. The molecule has 24 heavy (non-hydrogen) atoms. The fraction of sp³-hybridized carbons (Fsp3) is 0.588. The average Bonchev–Trinajstić information content (AvgIpc) is 3.14. The maximum atomic E-state index is 12.6. The molecule has 2 fully saturated rings. The SMILES string of the molecule is O=C(NC[C@H]1CCCO1)C1CCN(S(=O)(=O)c2ccccc2)CC1. The van der Waals surface area contributed by atoms with Gasteiger partial charge in [0, 0.05) is 32.2 Å². The summed E-state index contributed by atoms with van der Waals surface area (Å²) < 4.78 is 32.1. The van der Waals surface area contributed by atoms with Crippen LogP contribution in [0, 0.1) is 5.92 Å². The Kier molecular flexibility index (Phi) is 5.53. The van der Waals surface area contributed by atoms with E-state index in [1.54, 1.807) is 30.3 Å². The summed E-state index contributed by atoms with van der Waals surface area (Å²) in [6.45, 7) is 2.10. The van der Waals surface area contributed by atoms with Gasteiger partial charge in [0.2, 0.25) is 15.9 Å². The summed E-state index contributed by atoms with van der Waals surface area (Å²) >= 11 is 0.